The van der Waals surface area contributed by atoms with E-state index in [1.165, 1.54) is 12.8 Å². The lowest BCUT2D eigenvalue weighted by Gasteiger charge is -2.32. The largest absolute Gasteiger partial charge is 0.346 e. The minimum absolute atomic E-state index is 0.607. The molecule has 8 heteroatoms. The van der Waals surface area contributed by atoms with Crippen molar-refractivity contribution < 1.29 is 0 Å². The van der Waals surface area contributed by atoms with E-state index in [1.54, 1.807) is 11.3 Å². The first-order valence-electron chi connectivity index (χ1n) is 9.49. The molecule has 5 rings (SSSR count). The van der Waals surface area contributed by atoms with Gasteiger partial charge in [-0.3, -0.25) is 0 Å². The van der Waals surface area contributed by atoms with E-state index in [-0.39, 0.29) is 0 Å². The fraction of sp³-hybridized carbons (Fsp3) is 0.350. The van der Waals surface area contributed by atoms with Crippen molar-refractivity contribution in [2.75, 3.05) is 18.0 Å². The second-order valence-electron chi connectivity index (χ2n) is 7.36. The highest BCUT2D eigenvalue weighted by molar-refractivity contribution is 7.20. The number of hydrogen-bond acceptors (Lipinski definition) is 5. The van der Waals surface area contributed by atoms with Gasteiger partial charge < -0.3 is 9.47 Å². The number of rotatable bonds is 4. The average molecular weight is 413 g/mol. The Morgan fingerprint density at radius 2 is 2.11 bits per heavy atom. The predicted molar refractivity (Wildman–Crippen MR) is 113 cm³/mol. The lowest BCUT2D eigenvalue weighted by Crippen LogP contribution is -2.36. The van der Waals surface area contributed by atoms with Crippen LogP contribution in [0.1, 0.15) is 18.7 Å². The van der Waals surface area contributed by atoms with Crippen LogP contribution in [0.4, 0.5) is 5.13 Å². The number of nitrogens with zero attached hydrogens (tertiary/aromatic N) is 6. The summed E-state index contributed by atoms with van der Waals surface area (Å²) in [7, 11) is 2.07. The summed E-state index contributed by atoms with van der Waals surface area (Å²) < 4.78 is 4.01. The van der Waals surface area contributed by atoms with Crippen LogP contribution in [-0.4, -0.2) is 37.2 Å². The number of halogens is 1. The summed E-state index contributed by atoms with van der Waals surface area (Å²) in [5.41, 5.74) is 1.98. The average Bonchev–Trinajstić information content (AvgIpc) is 3.38. The number of hydrogen-bond donors (Lipinski definition) is 0. The van der Waals surface area contributed by atoms with Gasteiger partial charge in [0.15, 0.2) is 0 Å². The third kappa shape index (κ3) is 3.40. The number of aromatic nitrogens is 5. The molecular weight excluding hydrogens is 392 g/mol. The van der Waals surface area contributed by atoms with E-state index < -0.39 is 0 Å². The Morgan fingerprint density at radius 1 is 1.25 bits per heavy atom. The molecule has 1 saturated heterocycles. The van der Waals surface area contributed by atoms with E-state index >= 15 is 0 Å². The van der Waals surface area contributed by atoms with Crippen LogP contribution in [0.5, 0.6) is 0 Å². The number of fused-ring (bicyclic) bond motifs is 1. The highest BCUT2D eigenvalue weighted by Gasteiger charge is 2.24. The molecule has 1 fully saturated rings. The van der Waals surface area contributed by atoms with Gasteiger partial charge >= 0.3 is 0 Å². The van der Waals surface area contributed by atoms with Gasteiger partial charge in [0.2, 0.25) is 10.1 Å². The normalized spacial score (nSPS) is 17.5. The van der Waals surface area contributed by atoms with Crippen molar-refractivity contribution in [2.24, 2.45) is 13.0 Å². The zero-order chi connectivity index (χ0) is 19.1. The third-order valence-corrected chi connectivity index (χ3v) is 6.59. The molecule has 3 aromatic heterocycles. The Labute approximate surface area is 172 Å². The summed E-state index contributed by atoms with van der Waals surface area (Å²) in [6.07, 6.45) is 9.34. The minimum atomic E-state index is 0.607. The molecule has 1 atom stereocenters. The van der Waals surface area contributed by atoms with Crippen LogP contribution in [0, 0.1) is 5.92 Å². The Morgan fingerprint density at radius 3 is 2.86 bits per heavy atom. The first-order chi connectivity index (χ1) is 13.7. The van der Waals surface area contributed by atoms with Crippen LogP contribution in [0.15, 0.2) is 42.9 Å². The van der Waals surface area contributed by atoms with Crippen LogP contribution in [-0.2, 0) is 13.5 Å². The van der Waals surface area contributed by atoms with E-state index in [0.29, 0.717) is 5.92 Å². The summed E-state index contributed by atoms with van der Waals surface area (Å²) >= 11 is 7.64. The summed E-state index contributed by atoms with van der Waals surface area (Å²) in [5.74, 6) is 1.77. The first kappa shape index (κ1) is 17.7. The van der Waals surface area contributed by atoms with Crippen LogP contribution >= 0.6 is 22.9 Å². The molecule has 1 unspecified atom stereocenters. The van der Waals surface area contributed by atoms with E-state index in [2.05, 4.69) is 21.5 Å². The van der Waals surface area contributed by atoms with Crippen molar-refractivity contribution >= 4 is 33.0 Å². The maximum Gasteiger partial charge on any atom is 0.214 e. The van der Waals surface area contributed by atoms with E-state index in [0.717, 1.165) is 51.7 Å². The molecule has 0 aliphatic carbocycles. The highest BCUT2D eigenvalue weighted by Crippen LogP contribution is 2.30. The molecule has 0 N–H and O–H groups in total. The van der Waals surface area contributed by atoms with Gasteiger partial charge in [0, 0.05) is 49.5 Å². The number of imidazole rings is 2. The maximum atomic E-state index is 5.98. The lowest BCUT2D eigenvalue weighted by atomic mass is 9.95. The standard InChI is InChI=1S/C20H21ClN6S/c1-25-10-8-22-18(25)11-14-3-2-9-26(12-14)20-24-27-13-17(23-19(27)28-20)15-4-6-16(21)7-5-15/h4-8,10,13-14H,2-3,9,11-12H2,1H3. The summed E-state index contributed by atoms with van der Waals surface area (Å²) in [6, 6.07) is 7.75. The van der Waals surface area contributed by atoms with Crippen molar-refractivity contribution in [1.82, 2.24) is 24.1 Å². The van der Waals surface area contributed by atoms with Gasteiger partial charge in [-0.25, -0.2) is 14.5 Å². The molecule has 1 aromatic carbocycles. The van der Waals surface area contributed by atoms with Crippen LogP contribution in [0.3, 0.4) is 0 Å². The van der Waals surface area contributed by atoms with Crippen LogP contribution in [0.2, 0.25) is 5.02 Å². The van der Waals surface area contributed by atoms with Gasteiger partial charge in [-0.05, 0) is 30.9 Å². The molecule has 1 aliphatic rings. The number of anilines is 1. The Balaban J connectivity index is 1.33. The molecule has 0 saturated carbocycles. The van der Waals surface area contributed by atoms with Gasteiger partial charge in [-0.2, -0.15) is 0 Å². The Bertz CT molecular complexity index is 1060. The van der Waals surface area contributed by atoms with E-state index in [4.69, 9.17) is 21.7 Å². The van der Waals surface area contributed by atoms with Gasteiger partial charge in [0.25, 0.3) is 0 Å². The van der Waals surface area contributed by atoms with Crippen molar-refractivity contribution in [1.29, 1.82) is 0 Å². The van der Waals surface area contributed by atoms with Crippen molar-refractivity contribution in [3.63, 3.8) is 0 Å². The van der Waals surface area contributed by atoms with E-state index in [9.17, 15) is 0 Å². The van der Waals surface area contributed by atoms with Crippen molar-refractivity contribution in [3.05, 3.63) is 53.7 Å². The van der Waals surface area contributed by atoms with Crippen molar-refractivity contribution in [3.8, 4) is 11.3 Å². The molecule has 4 aromatic rings. The second kappa shape index (κ2) is 7.22. The minimum Gasteiger partial charge on any atom is -0.346 e. The van der Waals surface area contributed by atoms with Crippen LogP contribution < -0.4 is 4.90 Å². The fourth-order valence-electron chi connectivity index (χ4n) is 3.83. The predicted octanol–water partition coefficient (Wildman–Crippen LogP) is 4.30. The van der Waals surface area contributed by atoms with Gasteiger partial charge in [0.1, 0.15) is 5.82 Å². The molecule has 0 radical (unpaired) electrons. The first-order valence-corrected chi connectivity index (χ1v) is 10.7. The SMILES string of the molecule is Cn1ccnc1CC1CCCN(c2nn3cc(-c4ccc(Cl)cc4)nc3s2)C1. The molecule has 0 spiro atoms. The molecule has 144 valence electrons. The highest BCUT2D eigenvalue weighted by atomic mass is 35.5. The monoisotopic (exact) mass is 412 g/mol. The fourth-order valence-corrected chi connectivity index (χ4v) is 4.88. The summed E-state index contributed by atoms with van der Waals surface area (Å²) in [4.78, 5) is 12.6. The Hall–Kier alpha value is -2.38. The molecule has 28 heavy (non-hydrogen) atoms. The summed E-state index contributed by atoms with van der Waals surface area (Å²) in [6.45, 7) is 2.07. The molecule has 1 aliphatic heterocycles. The lowest BCUT2D eigenvalue weighted by molar-refractivity contribution is 0.402. The second-order valence-corrected chi connectivity index (χ2v) is 8.73. The number of piperidine rings is 1. The summed E-state index contributed by atoms with van der Waals surface area (Å²) in [5, 5.41) is 6.58. The van der Waals surface area contributed by atoms with Crippen LogP contribution in [0.25, 0.3) is 16.2 Å². The molecule has 6 nitrogen and oxygen atoms in total. The number of benzene rings is 1. The smallest absolute Gasteiger partial charge is 0.214 e. The molecular formula is C20H21ClN6S. The quantitative estimate of drug-likeness (QED) is 0.501. The molecule has 0 amide bonds. The van der Waals surface area contributed by atoms with Gasteiger partial charge in [0.05, 0.1) is 11.9 Å². The topological polar surface area (TPSA) is 51.2 Å². The van der Waals surface area contributed by atoms with Crippen molar-refractivity contribution in [2.45, 2.75) is 19.3 Å². The zero-order valence-corrected chi connectivity index (χ0v) is 17.2. The third-order valence-electron chi connectivity index (χ3n) is 5.35. The molecule has 4 heterocycles. The van der Waals surface area contributed by atoms with Gasteiger partial charge in [-0.1, -0.05) is 35.1 Å². The zero-order valence-electron chi connectivity index (χ0n) is 15.6. The molecule has 0 bridgehead atoms. The Kier molecular flexibility index (Phi) is 4.56. The van der Waals surface area contributed by atoms with Gasteiger partial charge in [-0.15, -0.1) is 5.10 Å². The van der Waals surface area contributed by atoms with E-state index in [1.807, 2.05) is 47.4 Å². The maximum absolute atomic E-state index is 5.98. The number of aryl methyl sites for hydroxylation is 1.